The molecule has 0 spiro atoms. The Morgan fingerprint density at radius 1 is 1.64 bits per heavy atom. The summed E-state index contributed by atoms with van der Waals surface area (Å²) in [4.78, 5) is 11.5. The molecule has 14 heavy (non-hydrogen) atoms. The van der Waals surface area contributed by atoms with Crippen molar-refractivity contribution in [2.75, 3.05) is 7.11 Å². The molecule has 1 N–H and O–H groups in total. The summed E-state index contributed by atoms with van der Waals surface area (Å²) in [7, 11) is 3.39. The second kappa shape index (κ2) is 3.13. The SMILES string of the molecule is COc1cc(=O)n(C)c2c1C(C)NC2. The predicted octanol–water partition coefficient (Wildman–Crippen LogP) is 0.558. The van der Waals surface area contributed by atoms with Gasteiger partial charge < -0.3 is 14.6 Å². The smallest absolute Gasteiger partial charge is 0.254 e. The molecule has 4 nitrogen and oxygen atoms in total. The number of aromatic nitrogens is 1. The van der Waals surface area contributed by atoms with Gasteiger partial charge in [0.2, 0.25) is 0 Å². The van der Waals surface area contributed by atoms with Crippen LogP contribution >= 0.6 is 0 Å². The number of methoxy groups -OCH3 is 1. The fraction of sp³-hybridized carbons (Fsp3) is 0.500. The van der Waals surface area contributed by atoms with Crippen LogP contribution in [0.15, 0.2) is 10.9 Å². The standard InChI is InChI=1S/C10H14N2O2/c1-6-10-7(5-11-6)12(2)9(13)4-8(10)14-3/h4,6,11H,5H2,1-3H3. The summed E-state index contributed by atoms with van der Waals surface area (Å²) < 4.78 is 6.88. The van der Waals surface area contributed by atoms with Crippen molar-refractivity contribution < 1.29 is 4.74 Å². The molecule has 2 rings (SSSR count). The van der Waals surface area contributed by atoms with E-state index in [9.17, 15) is 4.79 Å². The first kappa shape index (κ1) is 9.27. The van der Waals surface area contributed by atoms with E-state index in [4.69, 9.17) is 4.74 Å². The van der Waals surface area contributed by atoms with E-state index < -0.39 is 0 Å². The van der Waals surface area contributed by atoms with Gasteiger partial charge in [-0.2, -0.15) is 0 Å². The molecule has 0 bridgehead atoms. The lowest BCUT2D eigenvalue weighted by atomic mass is 10.1. The van der Waals surface area contributed by atoms with E-state index in [-0.39, 0.29) is 11.6 Å². The molecule has 1 aromatic heterocycles. The molecule has 4 heteroatoms. The Hall–Kier alpha value is -1.29. The van der Waals surface area contributed by atoms with Crippen LogP contribution < -0.4 is 15.6 Å². The van der Waals surface area contributed by atoms with Crippen molar-refractivity contribution in [1.82, 2.24) is 9.88 Å². The fourth-order valence-corrected chi connectivity index (χ4v) is 1.94. The number of hydrogen-bond donors (Lipinski definition) is 1. The molecule has 1 aliphatic rings. The van der Waals surface area contributed by atoms with Crippen LogP contribution in [0.1, 0.15) is 24.2 Å². The van der Waals surface area contributed by atoms with Gasteiger partial charge in [0, 0.05) is 37.0 Å². The van der Waals surface area contributed by atoms with Crippen LogP contribution in [-0.2, 0) is 13.6 Å². The second-order valence-corrected chi connectivity index (χ2v) is 3.57. The minimum atomic E-state index is -0.0171. The van der Waals surface area contributed by atoms with Gasteiger partial charge in [-0.25, -0.2) is 0 Å². The third-order valence-electron chi connectivity index (χ3n) is 2.80. The number of hydrogen-bond acceptors (Lipinski definition) is 3. The molecule has 1 atom stereocenters. The van der Waals surface area contributed by atoms with Gasteiger partial charge in [-0.1, -0.05) is 0 Å². The summed E-state index contributed by atoms with van der Waals surface area (Å²) in [6.45, 7) is 2.80. The van der Waals surface area contributed by atoms with Gasteiger partial charge >= 0.3 is 0 Å². The highest BCUT2D eigenvalue weighted by Crippen LogP contribution is 2.31. The van der Waals surface area contributed by atoms with Gasteiger partial charge in [-0.15, -0.1) is 0 Å². The topological polar surface area (TPSA) is 43.3 Å². The van der Waals surface area contributed by atoms with Crippen LogP contribution in [0.5, 0.6) is 5.75 Å². The largest absolute Gasteiger partial charge is 0.496 e. The molecule has 1 unspecified atom stereocenters. The number of fused-ring (bicyclic) bond motifs is 1. The monoisotopic (exact) mass is 194 g/mol. The van der Waals surface area contributed by atoms with Gasteiger partial charge in [0.1, 0.15) is 5.75 Å². The normalized spacial score (nSPS) is 19.5. The molecule has 0 radical (unpaired) electrons. The molecule has 0 fully saturated rings. The molecule has 0 saturated heterocycles. The quantitative estimate of drug-likeness (QED) is 0.710. The van der Waals surface area contributed by atoms with Crippen molar-refractivity contribution in [1.29, 1.82) is 0 Å². The zero-order valence-corrected chi connectivity index (χ0v) is 8.63. The van der Waals surface area contributed by atoms with E-state index >= 15 is 0 Å². The lowest BCUT2D eigenvalue weighted by Gasteiger charge is -2.12. The third-order valence-corrected chi connectivity index (χ3v) is 2.80. The molecule has 1 aromatic rings. The van der Waals surface area contributed by atoms with Crippen LogP contribution in [0, 0.1) is 0 Å². The van der Waals surface area contributed by atoms with Crippen molar-refractivity contribution in [2.24, 2.45) is 7.05 Å². The average molecular weight is 194 g/mol. The maximum atomic E-state index is 11.5. The Morgan fingerprint density at radius 3 is 3.00 bits per heavy atom. The number of rotatable bonds is 1. The summed E-state index contributed by atoms with van der Waals surface area (Å²) in [6.07, 6.45) is 0. The van der Waals surface area contributed by atoms with Gasteiger partial charge in [-0.3, -0.25) is 4.79 Å². The number of ether oxygens (including phenoxy) is 1. The number of nitrogens with one attached hydrogen (secondary N) is 1. The van der Waals surface area contributed by atoms with Crippen LogP contribution in [0.2, 0.25) is 0 Å². The predicted molar refractivity (Wildman–Crippen MR) is 53.5 cm³/mol. The van der Waals surface area contributed by atoms with E-state index in [1.807, 2.05) is 0 Å². The maximum Gasteiger partial charge on any atom is 0.254 e. The minimum absolute atomic E-state index is 0.0171. The highest BCUT2D eigenvalue weighted by Gasteiger charge is 2.24. The van der Waals surface area contributed by atoms with Crippen molar-refractivity contribution in [3.8, 4) is 5.75 Å². The Kier molecular flexibility index (Phi) is 2.07. The first-order chi connectivity index (χ1) is 6.65. The number of nitrogens with zero attached hydrogens (tertiary/aromatic N) is 1. The molecule has 0 amide bonds. The Labute approximate surface area is 82.5 Å². The van der Waals surface area contributed by atoms with Gasteiger partial charge in [0.05, 0.1) is 7.11 Å². The Bertz CT molecular complexity index is 423. The van der Waals surface area contributed by atoms with E-state index in [1.54, 1.807) is 24.8 Å². The van der Waals surface area contributed by atoms with E-state index in [0.717, 1.165) is 17.8 Å². The van der Waals surface area contributed by atoms with Crippen molar-refractivity contribution in [3.63, 3.8) is 0 Å². The minimum Gasteiger partial charge on any atom is -0.496 e. The Morgan fingerprint density at radius 2 is 2.36 bits per heavy atom. The van der Waals surface area contributed by atoms with E-state index in [1.165, 1.54) is 0 Å². The molecule has 76 valence electrons. The van der Waals surface area contributed by atoms with Crippen LogP contribution in [-0.4, -0.2) is 11.7 Å². The first-order valence-corrected chi connectivity index (χ1v) is 4.65. The third kappa shape index (κ3) is 1.14. The van der Waals surface area contributed by atoms with Crippen molar-refractivity contribution in [2.45, 2.75) is 19.5 Å². The van der Waals surface area contributed by atoms with Crippen molar-refractivity contribution >= 4 is 0 Å². The average Bonchev–Trinajstić information content (AvgIpc) is 2.55. The van der Waals surface area contributed by atoms with E-state index in [0.29, 0.717) is 5.75 Å². The summed E-state index contributed by atoms with van der Waals surface area (Å²) in [5.41, 5.74) is 2.12. The summed E-state index contributed by atoms with van der Waals surface area (Å²) in [5.74, 6) is 0.695. The van der Waals surface area contributed by atoms with Gasteiger partial charge in [0.25, 0.3) is 5.56 Å². The van der Waals surface area contributed by atoms with Gasteiger partial charge in [0.15, 0.2) is 0 Å². The summed E-state index contributed by atoms with van der Waals surface area (Å²) in [6, 6.07) is 1.80. The van der Waals surface area contributed by atoms with Crippen LogP contribution in [0.3, 0.4) is 0 Å². The fourth-order valence-electron chi connectivity index (χ4n) is 1.94. The highest BCUT2D eigenvalue weighted by molar-refractivity contribution is 5.41. The molecule has 0 aromatic carbocycles. The first-order valence-electron chi connectivity index (χ1n) is 4.65. The molecular formula is C10H14N2O2. The van der Waals surface area contributed by atoms with Crippen LogP contribution in [0.25, 0.3) is 0 Å². The summed E-state index contributed by atoms with van der Waals surface area (Å²) >= 11 is 0. The Balaban J connectivity index is 2.73. The van der Waals surface area contributed by atoms with Gasteiger partial charge in [-0.05, 0) is 6.92 Å². The van der Waals surface area contributed by atoms with Crippen molar-refractivity contribution in [3.05, 3.63) is 27.7 Å². The summed E-state index contributed by atoms with van der Waals surface area (Å²) in [5, 5.41) is 3.29. The zero-order valence-electron chi connectivity index (χ0n) is 8.63. The molecule has 2 heterocycles. The highest BCUT2D eigenvalue weighted by atomic mass is 16.5. The lowest BCUT2D eigenvalue weighted by Crippen LogP contribution is -2.20. The maximum absolute atomic E-state index is 11.5. The van der Waals surface area contributed by atoms with E-state index in [2.05, 4.69) is 12.2 Å². The molecule has 0 saturated carbocycles. The number of pyridine rings is 1. The van der Waals surface area contributed by atoms with Crippen LogP contribution in [0.4, 0.5) is 0 Å². The molecule has 0 aliphatic carbocycles. The zero-order chi connectivity index (χ0) is 10.3. The second-order valence-electron chi connectivity index (χ2n) is 3.57. The molecular weight excluding hydrogens is 180 g/mol. The lowest BCUT2D eigenvalue weighted by molar-refractivity contribution is 0.404. The molecule has 1 aliphatic heterocycles.